The van der Waals surface area contributed by atoms with Crippen LogP contribution in [0.4, 0.5) is 0 Å². The minimum absolute atomic E-state index is 0.265. The Labute approximate surface area is 185 Å². The van der Waals surface area contributed by atoms with Gasteiger partial charge in [0.1, 0.15) is 6.07 Å². The van der Waals surface area contributed by atoms with Crippen molar-refractivity contribution in [3.05, 3.63) is 18.0 Å². The highest BCUT2D eigenvalue weighted by atomic mass is 16.5. The molecule has 1 spiro atoms. The molecule has 5 heteroatoms. The predicted octanol–water partition coefficient (Wildman–Crippen LogP) is 4.15. The van der Waals surface area contributed by atoms with Crippen LogP contribution in [0.25, 0.3) is 0 Å². The molecule has 1 saturated heterocycles. The van der Waals surface area contributed by atoms with Gasteiger partial charge in [0.05, 0.1) is 36.6 Å². The highest BCUT2D eigenvalue weighted by molar-refractivity contribution is 5.28. The Kier molecular flexibility index (Phi) is 3.79. The maximum Gasteiger partial charge on any atom is 0.102 e. The molecule has 6 aliphatic rings. The number of nitriles is 1. The molecule has 7 rings (SSSR count). The van der Waals surface area contributed by atoms with Crippen molar-refractivity contribution in [2.24, 2.45) is 46.3 Å². The minimum Gasteiger partial charge on any atom is -0.390 e. The van der Waals surface area contributed by atoms with E-state index in [1.54, 1.807) is 6.20 Å². The van der Waals surface area contributed by atoms with Gasteiger partial charge in [-0.3, -0.25) is 4.68 Å². The second kappa shape index (κ2) is 6.14. The van der Waals surface area contributed by atoms with Crippen LogP contribution < -0.4 is 0 Å². The van der Waals surface area contributed by atoms with Crippen LogP contribution in [0.5, 0.6) is 0 Å². The Morgan fingerprint density at radius 3 is 2.81 bits per heavy atom. The summed E-state index contributed by atoms with van der Waals surface area (Å²) in [7, 11) is 0. The Hall–Kier alpha value is -1.38. The van der Waals surface area contributed by atoms with Crippen LogP contribution in [-0.4, -0.2) is 33.2 Å². The zero-order valence-corrected chi connectivity index (χ0v) is 18.7. The maximum atomic E-state index is 10.6. The molecule has 0 aromatic carbocycles. The van der Waals surface area contributed by atoms with E-state index in [0.29, 0.717) is 17.1 Å². The van der Waals surface area contributed by atoms with E-state index in [0.717, 1.165) is 61.5 Å². The Balaban J connectivity index is 1.13. The molecule has 0 amide bonds. The van der Waals surface area contributed by atoms with Gasteiger partial charge in [-0.1, -0.05) is 0 Å². The summed E-state index contributed by atoms with van der Waals surface area (Å²) in [4.78, 5) is 0. The number of aromatic nitrogens is 2. The molecular formula is C26H35N3O2. The van der Waals surface area contributed by atoms with Crippen molar-refractivity contribution >= 4 is 0 Å². The number of aliphatic hydroxyl groups is 1. The van der Waals surface area contributed by atoms with Gasteiger partial charge in [0.15, 0.2) is 0 Å². The fraction of sp³-hybridized carbons (Fsp3) is 0.846. The lowest BCUT2D eigenvalue weighted by Crippen LogP contribution is -2.79. The van der Waals surface area contributed by atoms with Crippen LogP contribution in [0.1, 0.15) is 70.3 Å². The standard InChI is InChI=1S/C26H35N3O2/c1-24(30)8-6-18-17(10-24)2-3-20-19(18)7-9-26-21(20)4-5-22(26)25(15-31-23(25)26)14-29-13-16(11-27)12-28-29/h12-13,17-23,30H,2-10,14-15H2,1H3/t17-,18+,19-,20-,21+,22-,23?,24-,25?,26-/m1/s1. The van der Waals surface area contributed by atoms with Gasteiger partial charge in [0, 0.05) is 17.0 Å². The third-order valence-electron chi connectivity index (χ3n) is 11.3. The van der Waals surface area contributed by atoms with Crippen molar-refractivity contribution in [1.82, 2.24) is 9.78 Å². The highest BCUT2D eigenvalue weighted by Gasteiger charge is 2.81. The van der Waals surface area contributed by atoms with Gasteiger partial charge in [0.2, 0.25) is 0 Å². The van der Waals surface area contributed by atoms with E-state index < -0.39 is 5.60 Å². The second-order valence-electron chi connectivity index (χ2n) is 12.4. The van der Waals surface area contributed by atoms with Gasteiger partial charge in [-0.2, -0.15) is 10.4 Å². The number of fused-ring (bicyclic) bond motifs is 6. The number of rotatable bonds is 2. The smallest absolute Gasteiger partial charge is 0.102 e. The van der Waals surface area contributed by atoms with Gasteiger partial charge in [-0.05, 0) is 100 Å². The largest absolute Gasteiger partial charge is 0.390 e. The van der Waals surface area contributed by atoms with Gasteiger partial charge in [0.25, 0.3) is 0 Å². The van der Waals surface area contributed by atoms with Crippen LogP contribution in [0, 0.1) is 57.7 Å². The summed E-state index contributed by atoms with van der Waals surface area (Å²) in [6.45, 7) is 3.87. The highest BCUT2D eigenvalue weighted by Crippen LogP contribution is 2.80. The summed E-state index contributed by atoms with van der Waals surface area (Å²) < 4.78 is 8.40. The van der Waals surface area contributed by atoms with Crippen molar-refractivity contribution < 1.29 is 9.84 Å². The van der Waals surface area contributed by atoms with Crippen LogP contribution >= 0.6 is 0 Å². The average Bonchev–Trinajstić information content (AvgIpc) is 3.33. The molecular weight excluding hydrogens is 386 g/mol. The molecule has 0 radical (unpaired) electrons. The summed E-state index contributed by atoms with van der Waals surface area (Å²) >= 11 is 0. The van der Waals surface area contributed by atoms with E-state index in [1.807, 2.05) is 10.9 Å². The van der Waals surface area contributed by atoms with E-state index in [2.05, 4.69) is 18.1 Å². The topological polar surface area (TPSA) is 71.1 Å². The van der Waals surface area contributed by atoms with Crippen molar-refractivity contribution in [2.45, 2.75) is 83.0 Å². The van der Waals surface area contributed by atoms with Crippen LogP contribution in [0.2, 0.25) is 0 Å². The quantitative estimate of drug-likeness (QED) is 0.779. The first-order chi connectivity index (χ1) is 15.0. The predicted molar refractivity (Wildman–Crippen MR) is 115 cm³/mol. The number of hydrogen-bond acceptors (Lipinski definition) is 4. The zero-order valence-electron chi connectivity index (χ0n) is 18.7. The van der Waals surface area contributed by atoms with Crippen LogP contribution in [0.3, 0.4) is 0 Å². The summed E-state index contributed by atoms with van der Waals surface area (Å²) in [5.41, 5.74) is 0.932. The van der Waals surface area contributed by atoms with Crippen molar-refractivity contribution in [3.8, 4) is 6.07 Å². The molecule has 1 aromatic heterocycles. The molecule has 1 aromatic rings. The first-order valence-corrected chi connectivity index (χ1v) is 12.7. The molecule has 5 aliphatic carbocycles. The van der Waals surface area contributed by atoms with Gasteiger partial charge < -0.3 is 9.84 Å². The van der Waals surface area contributed by atoms with Gasteiger partial charge in [-0.25, -0.2) is 0 Å². The summed E-state index contributed by atoms with van der Waals surface area (Å²) in [5.74, 6) is 5.03. The molecule has 6 fully saturated rings. The fourth-order valence-electron chi connectivity index (χ4n) is 10.4. The first kappa shape index (κ1) is 19.1. The van der Waals surface area contributed by atoms with E-state index in [4.69, 9.17) is 10.00 Å². The molecule has 31 heavy (non-hydrogen) atoms. The lowest BCUT2D eigenvalue weighted by molar-refractivity contribution is -0.386. The molecule has 1 aliphatic heterocycles. The maximum absolute atomic E-state index is 10.6. The van der Waals surface area contributed by atoms with E-state index in [-0.39, 0.29) is 5.41 Å². The first-order valence-electron chi connectivity index (χ1n) is 12.7. The molecule has 10 atom stereocenters. The number of nitrogens with zero attached hydrogens (tertiary/aromatic N) is 3. The summed E-state index contributed by atoms with van der Waals surface area (Å²) in [5, 5.41) is 24.3. The Morgan fingerprint density at radius 2 is 2.03 bits per heavy atom. The third kappa shape index (κ3) is 2.31. The Morgan fingerprint density at radius 1 is 1.16 bits per heavy atom. The van der Waals surface area contributed by atoms with Crippen molar-refractivity contribution in [1.29, 1.82) is 5.26 Å². The second-order valence-corrected chi connectivity index (χ2v) is 12.4. The van der Waals surface area contributed by atoms with Crippen LogP contribution in [0.15, 0.2) is 12.4 Å². The molecule has 5 nitrogen and oxygen atoms in total. The van der Waals surface area contributed by atoms with E-state index >= 15 is 0 Å². The monoisotopic (exact) mass is 421 g/mol. The molecule has 2 heterocycles. The van der Waals surface area contributed by atoms with Crippen molar-refractivity contribution in [3.63, 3.8) is 0 Å². The Bertz CT molecular complexity index is 949. The number of hydrogen-bond donors (Lipinski definition) is 1. The molecule has 5 saturated carbocycles. The fourth-order valence-corrected chi connectivity index (χ4v) is 10.4. The molecule has 0 bridgehead atoms. The average molecular weight is 422 g/mol. The molecule has 2 unspecified atom stereocenters. The summed E-state index contributed by atoms with van der Waals surface area (Å²) in [6.07, 6.45) is 15.5. The number of ether oxygens (including phenoxy) is 1. The van der Waals surface area contributed by atoms with Gasteiger partial charge in [-0.15, -0.1) is 0 Å². The zero-order chi connectivity index (χ0) is 21.0. The molecule has 166 valence electrons. The van der Waals surface area contributed by atoms with Crippen molar-refractivity contribution in [2.75, 3.05) is 6.61 Å². The van der Waals surface area contributed by atoms with E-state index in [1.165, 1.54) is 44.9 Å². The normalized spacial score (nSPS) is 54.2. The SMILES string of the molecule is C[C@@]1(O)CC[C@H]2[C@H](CC[C@@H]3[C@@H]2CC[C@]24C5OCC5(Cn5cc(C#N)cn5)[C@H]2CC[C@@H]34)C1. The van der Waals surface area contributed by atoms with Gasteiger partial charge >= 0.3 is 0 Å². The lowest BCUT2D eigenvalue weighted by atomic mass is 9.35. The van der Waals surface area contributed by atoms with Crippen LogP contribution in [-0.2, 0) is 11.3 Å². The lowest BCUT2D eigenvalue weighted by Gasteiger charge is -2.76. The summed E-state index contributed by atoms with van der Waals surface area (Å²) in [6, 6.07) is 2.22. The molecule has 1 N–H and O–H groups in total. The third-order valence-corrected chi connectivity index (χ3v) is 11.3. The van der Waals surface area contributed by atoms with E-state index in [9.17, 15) is 5.11 Å². The minimum atomic E-state index is -0.423.